The van der Waals surface area contributed by atoms with Gasteiger partial charge in [-0.2, -0.15) is 5.06 Å². The fraction of sp³-hybridized carbons (Fsp3) is 0.526. The molecule has 0 N–H and O–H groups in total. The van der Waals surface area contributed by atoms with Crippen LogP contribution >= 0.6 is 0 Å². The first-order valence-electron chi connectivity index (χ1n) is 17.5. The molecular formula is C38H50N2O9S. The smallest absolute Gasteiger partial charge is 0.211 e. The summed E-state index contributed by atoms with van der Waals surface area (Å²) in [6.45, 7) is 8.34. The number of epoxide rings is 1. The molecule has 0 aromatic heterocycles. The summed E-state index contributed by atoms with van der Waals surface area (Å²) in [4.78, 5) is 9.03. The highest BCUT2D eigenvalue weighted by atomic mass is 32.2. The Balaban J connectivity index is 1.24. The second-order valence-electron chi connectivity index (χ2n) is 13.1. The van der Waals surface area contributed by atoms with Crippen LogP contribution in [-0.4, -0.2) is 106 Å². The van der Waals surface area contributed by atoms with E-state index in [1.807, 2.05) is 31.2 Å². The van der Waals surface area contributed by atoms with Gasteiger partial charge in [-0.15, -0.1) is 0 Å². The summed E-state index contributed by atoms with van der Waals surface area (Å²) in [6.07, 6.45) is 1.43. The van der Waals surface area contributed by atoms with Crippen LogP contribution in [-0.2, 0) is 45.0 Å². The summed E-state index contributed by atoms with van der Waals surface area (Å²) in [5, 5.41) is 1.77. The van der Waals surface area contributed by atoms with Gasteiger partial charge in [0.15, 0.2) is 0 Å². The second-order valence-corrected chi connectivity index (χ2v) is 15.1. The number of nitrogens with zero attached hydrogens (tertiary/aromatic N) is 2. The van der Waals surface area contributed by atoms with Crippen LogP contribution in [0.4, 0.5) is 5.69 Å². The van der Waals surface area contributed by atoms with E-state index in [4.69, 9.17) is 33.3 Å². The van der Waals surface area contributed by atoms with Gasteiger partial charge in [-0.05, 0) is 55.2 Å². The van der Waals surface area contributed by atoms with Gasteiger partial charge in [0.25, 0.3) is 0 Å². The number of benzene rings is 3. The molecule has 11 nitrogen and oxygen atoms in total. The Bertz CT molecular complexity index is 1620. The van der Waals surface area contributed by atoms with E-state index in [-0.39, 0.29) is 23.0 Å². The van der Waals surface area contributed by atoms with Gasteiger partial charge in [-0.25, -0.2) is 8.42 Å². The lowest BCUT2D eigenvalue weighted by atomic mass is 9.87. The number of sulfone groups is 1. The van der Waals surface area contributed by atoms with E-state index < -0.39 is 15.3 Å². The van der Waals surface area contributed by atoms with Crippen molar-refractivity contribution < 1.29 is 41.7 Å². The van der Waals surface area contributed by atoms with Crippen LogP contribution in [0.3, 0.4) is 0 Å². The number of aryl methyl sites for hydroxylation is 1. The highest BCUT2D eigenvalue weighted by Gasteiger charge is 2.39. The first kappa shape index (κ1) is 36.7. The number of fused-ring (bicyclic) bond motifs is 1. The lowest BCUT2D eigenvalue weighted by Crippen LogP contribution is -2.45. The van der Waals surface area contributed by atoms with Crippen molar-refractivity contribution in [2.75, 3.05) is 84.9 Å². The number of piperidine rings is 1. The van der Waals surface area contributed by atoms with E-state index in [9.17, 15) is 8.42 Å². The van der Waals surface area contributed by atoms with Crippen molar-refractivity contribution in [1.82, 2.24) is 5.06 Å². The van der Waals surface area contributed by atoms with Crippen molar-refractivity contribution >= 4 is 15.5 Å². The average Bonchev–Trinajstić information content (AvgIpc) is 3.97. The molecule has 0 saturated carbocycles. The maximum atomic E-state index is 14.4. The zero-order valence-corrected chi connectivity index (χ0v) is 30.1. The molecule has 3 aromatic rings. The molecule has 2 fully saturated rings. The van der Waals surface area contributed by atoms with Crippen LogP contribution in [0.2, 0.25) is 0 Å². The SMILES string of the molecule is COCCCN1CCOc2ccc(C(ON3CC[C@H](c4ccc(COCCOC)cc4)[C@H](OC[C@H]4CO4)C3)S(=O)(=O)c3ccc(C)cc3)cc21. The molecule has 0 aliphatic carbocycles. The van der Waals surface area contributed by atoms with E-state index in [1.54, 1.807) is 37.5 Å². The summed E-state index contributed by atoms with van der Waals surface area (Å²) in [5.41, 5.74) is 3.35. The predicted octanol–water partition coefficient (Wildman–Crippen LogP) is 5.07. The van der Waals surface area contributed by atoms with Crippen LogP contribution in [0.1, 0.15) is 46.4 Å². The molecule has 0 spiro atoms. The van der Waals surface area contributed by atoms with Crippen LogP contribution in [0.15, 0.2) is 71.6 Å². The zero-order valence-electron chi connectivity index (χ0n) is 29.3. The molecule has 3 heterocycles. The van der Waals surface area contributed by atoms with Crippen LogP contribution in [0, 0.1) is 6.92 Å². The number of rotatable bonds is 18. The Morgan fingerprint density at radius 2 is 1.72 bits per heavy atom. The first-order valence-corrected chi connectivity index (χ1v) is 19.0. The molecule has 3 aliphatic heterocycles. The highest BCUT2D eigenvalue weighted by Crippen LogP contribution is 2.40. The largest absolute Gasteiger partial charge is 0.490 e. The number of anilines is 1. The number of hydrogen-bond acceptors (Lipinski definition) is 11. The molecule has 0 radical (unpaired) electrons. The molecule has 0 bridgehead atoms. The van der Waals surface area contributed by atoms with Gasteiger partial charge in [0.05, 0.1) is 62.8 Å². The average molecular weight is 711 g/mol. The second kappa shape index (κ2) is 17.4. The summed E-state index contributed by atoms with van der Waals surface area (Å²) < 4.78 is 62.8. The van der Waals surface area contributed by atoms with E-state index >= 15 is 0 Å². The van der Waals surface area contributed by atoms with Crippen molar-refractivity contribution in [3.63, 3.8) is 0 Å². The Morgan fingerprint density at radius 3 is 2.46 bits per heavy atom. The van der Waals surface area contributed by atoms with Gasteiger partial charge >= 0.3 is 0 Å². The molecule has 1 unspecified atom stereocenters. The molecular weight excluding hydrogens is 660 g/mol. The summed E-state index contributed by atoms with van der Waals surface area (Å²) in [5.74, 6) is 0.832. The predicted molar refractivity (Wildman–Crippen MR) is 189 cm³/mol. The molecule has 6 rings (SSSR count). The Kier molecular flexibility index (Phi) is 12.8. The lowest BCUT2D eigenvalue weighted by Gasteiger charge is -2.39. The van der Waals surface area contributed by atoms with Gasteiger partial charge < -0.3 is 33.3 Å². The Labute approximate surface area is 296 Å². The molecule has 4 atom stereocenters. The normalized spacial score (nSPS) is 21.4. The van der Waals surface area contributed by atoms with Crippen molar-refractivity contribution in [1.29, 1.82) is 0 Å². The molecule has 3 aliphatic rings. The summed E-state index contributed by atoms with van der Waals surface area (Å²) in [7, 11) is -0.619. The van der Waals surface area contributed by atoms with Crippen molar-refractivity contribution in [3.05, 3.63) is 89.0 Å². The summed E-state index contributed by atoms with van der Waals surface area (Å²) >= 11 is 0. The zero-order chi connectivity index (χ0) is 34.9. The number of hydrogen-bond donors (Lipinski definition) is 0. The van der Waals surface area contributed by atoms with E-state index in [0.29, 0.717) is 71.4 Å². The summed E-state index contributed by atoms with van der Waals surface area (Å²) in [6, 6.07) is 21.0. The van der Waals surface area contributed by atoms with E-state index in [2.05, 4.69) is 29.2 Å². The molecule has 3 aromatic carbocycles. The Morgan fingerprint density at radius 1 is 0.940 bits per heavy atom. The number of ether oxygens (including phenoxy) is 6. The third-order valence-electron chi connectivity index (χ3n) is 9.40. The van der Waals surface area contributed by atoms with E-state index in [1.165, 1.54) is 5.56 Å². The minimum absolute atomic E-state index is 0.0952. The number of methoxy groups -OCH3 is 2. The van der Waals surface area contributed by atoms with Crippen LogP contribution < -0.4 is 9.64 Å². The van der Waals surface area contributed by atoms with Gasteiger partial charge in [-0.3, -0.25) is 4.84 Å². The monoisotopic (exact) mass is 710 g/mol. The topological polar surface area (TPSA) is 109 Å². The molecule has 12 heteroatoms. The molecule has 50 heavy (non-hydrogen) atoms. The Hall–Kier alpha value is -3.07. The quantitative estimate of drug-likeness (QED) is 0.130. The highest BCUT2D eigenvalue weighted by molar-refractivity contribution is 7.91. The van der Waals surface area contributed by atoms with Crippen molar-refractivity contribution in [2.45, 2.75) is 54.8 Å². The third kappa shape index (κ3) is 9.42. The van der Waals surface area contributed by atoms with Gasteiger partial charge in [0.2, 0.25) is 15.3 Å². The third-order valence-corrected chi connectivity index (χ3v) is 11.2. The van der Waals surface area contributed by atoms with Crippen molar-refractivity contribution in [2.24, 2.45) is 0 Å². The minimum Gasteiger partial charge on any atom is -0.490 e. The maximum absolute atomic E-state index is 14.4. The van der Waals surface area contributed by atoms with Gasteiger partial charge in [-0.1, -0.05) is 48.0 Å². The molecule has 272 valence electrons. The molecule has 0 amide bonds. The fourth-order valence-electron chi connectivity index (χ4n) is 6.47. The first-order chi connectivity index (χ1) is 24.4. The number of hydroxylamine groups is 2. The fourth-order valence-corrected chi connectivity index (χ4v) is 7.98. The van der Waals surface area contributed by atoms with Crippen molar-refractivity contribution in [3.8, 4) is 5.75 Å². The van der Waals surface area contributed by atoms with Gasteiger partial charge in [0.1, 0.15) is 18.5 Å². The van der Waals surface area contributed by atoms with Gasteiger partial charge in [0, 0.05) is 45.4 Å². The maximum Gasteiger partial charge on any atom is 0.211 e. The minimum atomic E-state index is -3.97. The lowest BCUT2D eigenvalue weighted by molar-refractivity contribution is -0.210. The molecule has 2 saturated heterocycles. The van der Waals surface area contributed by atoms with Crippen LogP contribution in [0.5, 0.6) is 5.75 Å². The van der Waals surface area contributed by atoms with Crippen LogP contribution in [0.25, 0.3) is 0 Å². The standard InChI is InChI=1S/C38H50N2O9S/c1-28-5-12-33(13-6-28)50(41,42)38(31-11-14-36-35(23-31)39(18-20-46-36)16-4-19-43-2)49-40-17-15-34(37(24-40)48-27-32-26-47-32)30-9-7-29(8-10-30)25-45-22-21-44-3/h5-14,23,32,34,37-38H,4,15-22,24-27H2,1-3H3/t32-,34-,37-,38?/m1/s1. The van der Waals surface area contributed by atoms with E-state index in [0.717, 1.165) is 42.0 Å².